The summed E-state index contributed by atoms with van der Waals surface area (Å²) in [5.74, 6) is 0.810. The molecule has 0 amide bonds. The summed E-state index contributed by atoms with van der Waals surface area (Å²) in [6.45, 7) is 1.58. The van der Waals surface area contributed by atoms with Gasteiger partial charge in [0, 0.05) is 19.0 Å². The summed E-state index contributed by atoms with van der Waals surface area (Å²) in [5.41, 5.74) is 6.30. The minimum absolute atomic E-state index is 0.460. The molecule has 0 spiro atoms. The Labute approximate surface area is 83.9 Å². The van der Waals surface area contributed by atoms with E-state index < -0.39 is 0 Å². The van der Waals surface area contributed by atoms with Crippen LogP contribution in [-0.4, -0.2) is 17.6 Å². The smallest absolute Gasteiger partial charge is 0.195 e. The van der Waals surface area contributed by atoms with Crippen LogP contribution in [0.3, 0.4) is 0 Å². The van der Waals surface area contributed by atoms with E-state index in [4.69, 9.17) is 10.2 Å². The number of aromatic nitrogens is 1. The first-order valence-electron chi connectivity index (χ1n) is 5.25. The summed E-state index contributed by atoms with van der Waals surface area (Å²) in [6.07, 6.45) is 6.36. The molecule has 4 nitrogen and oxygen atoms in total. The highest BCUT2D eigenvalue weighted by molar-refractivity contribution is 4.97. The van der Waals surface area contributed by atoms with Crippen molar-refractivity contribution in [2.75, 3.05) is 6.54 Å². The standard InChI is InChI=1S/C10H17N3O/c11-6-9-7-14-10(13-9)5-8-3-1-2-4-12-8/h7-8,12H,1-6,11H2. The first kappa shape index (κ1) is 9.68. The van der Waals surface area contributed by atoms with E-state index in [2.05, 4.69) is 10.3 Å². The average Bonchev–Trinajstić information content (AvgIpc) is 2.67. The van der Waals surface area contributed by atoms with Gasteiger partial charge in [0.25, 0.3) is 0 Å². The van der Waals surface area contributed by atoms with Crippen molar-refractivity contribution in [3.8, 4) is 0 Å². The molecule has 0 aliphatic carbocycles. The first-order chi connectivity index (χ1) is 6.88. The molecular weight excluding hydrogens is 178 g/mol. The van der Waals surface area contributed by atoms with Gasteiger partial charge in [0.05, 0.1) is 5.69 Å². The second kappa shape index (κ2) is 4.57. The van der Waals surface area contributed by atoms with Gasteiger partial charge < -0.3 is 15.5 Å². The number of piperidine rings is 1. The fourth-order valence-electron chi connectivity index (χ4n) is 1.85. The van der Waals surface area contributed by atoms with Gasteiger partial charge in [-0.1, -0.05) is 6.42 Å². The van der Waals surface area contributed by atoms with Gasteiger partial charge in [-0.25, -0.2) is 4.98 Å². The highest BCUT2D eigenvalue weighted by atomic mass is 16.3. The summed E-state index contributed by atoms with van der Waals surface area (Å²) >= 11 is 0. The summed E-state index contributed by atoms with van der Waals surface area (Å²) in [5, 5.41) is 3.46. The maximum Gasteiger partial charge on any atom is 0.195 e. The zero-order chi connectivity index (χ0) is 9.80. The van der Waals surface area contributed by atoms with Crippen LogP contribution in [0.1, 0.15) is 30.8 Å². The Bertz CT molecular complexity index is 279. The molecule has 0 saturated carbocycles. The van der Waals surface area contributed by atoms with Crippen molar-refractivity contribution in [3.63, 3.8) is 0 Å². The van der Waals surface area contributed by atoms with Crippen molar-refractivity contribution in [2.45, 2.75) is 38.3 Å². The van der Waals surface area contributed by atoms with Crippen molar-refractivity contribution < 1.29 is 4.42 Å². The molecule has 1 aliphatic rings. The lowest BCUT2D eigenvalue weighted by Gasteiger charge is -2.21. The Morgan fingerprint density at radius 3 is 3.14 bits per heavy atom. The number of hydrogen-bond donors (Lipinski definition) is 2. The third-order valence-electron chi connectivity index (χ3n) is 2.64. The van der Waals surface area contributed by atoms with Crippen LogP contribution >= 0.6 is 0 Å². The molecule has 0 aromatic carbocycles. The van der Waals surface area contributed by atoms with E-state index in [1.807, 2.05) is 0 Å². The molecule has 78 valence electrons. The number of nitrogens with zero attached hydrogens (tertiary/aromatic N) is 1. The van der Waals surface area contributed by atoms with Gasteiger partial charge in [-0.3, -0.25) is 0 Å². The summed E-state index contributed by atoms with van der Waals surface area (Å²) < 4.78 is 5.33. The van der Waals surface area contributed by atoms with Crippen molar-refractivity contribution in [1.82, 2.24) is 10.3 Å². The van der Waals surface area contributed by atoms with Gasteiger partial charge in [-0.05, 0) is 19.4 Å². The molecular formula is C10H17N3O. The number of nitrogens with two attached hydrogens (primary N) is 1. The molecule has 14 heavy (non-hydrogen) atoms. The van der Waals surface area contributed by atoms with Gasteiger partial charge >= 0.3 is 0 Å². The fraction of sp³-hybridized carbons (Fsp3) is 0.700. The number of rotatable bonds is 3. The monoisotopic (exact) mass is 195 g/mol. The predicted molar refractivity (Wildman–Crippen MR) is 53.7 cm³/mol. The molecule has 1 fully saturated rings. The number of hydrogen-bond acceptors (Lipinski definition) is 4. The normalized spacial score (nSPS) is 22.5. The van der Waals surface area contributed by atoms with Crippen LogP contribution in [0.15, 0.2) is 10.7 Å². The molecule has 1 aliphatic heterocycles. The molecule has 1 saturated heterocycles. The van der Waals surface area contributed by atoms with Gasteiger partial charge in [-0.2, -0.15) is 0 Å². The highest BCUT2D eigenvalue weighted by Crippen LogP contribution is 2.12. The van der Waals surface area contributed by atoms with Gasteiger partial charge in [0.15, 0.2) is 5.89 Å². The highest BCUT2D eigenvalue weighted by Gasteiger charge is 2.15. The third-order valence-corrected chi connectivity index (χ3v) is 2.64. The van der Waals surface area contributed by atoms with Crippen LogP contribution in [0.25, 0.3) is 0 Å². The summed E-state index contributed by atoms with van der Waals surface area (Å²) in [4.78, 5) is 4.29. The molecule has 4 heteroatoms. The van der Waals surface area contributed by atoms with E-state index in [-0.39, 0.29) is 0 Å². The lowest BCUT2D eigenvalue weighted by Crippen LogP contribution is -2.35. The molecule has 0 radical (unpaired) electrons. The summed E-state index contributed by atoms with van der Waals surface area (Å²) in [6, 6.07) is 0.535. The van der Waals surface area contributed by atoms with Gasteiger partial charge in [0.1, 0.15) is 6.26 Å². The Balaban J connectivity index is 1.89. The summed E-state index contributed by atoms with van der Waals surface area (Å²) in [7, 11) is 0. The van der Waals surface area contributed by atoms with Crippen LogP contribution in [0, 0.1) is 0 Å². The third kappa shape index (κ3) is 2.33. The van der Waals surface area contributed by atoms with Gasteiger partial charge in [-0.15, -0.1) is 0 Å². The largest absolute Gasteiger partial charge is 0.449 e. The molecule has 1 aromatic rings. The molecule has 1 atom stereocenters. The molecule has 1 aromatic heterocycles. The quantitative estimate of drug-likeness (QED) is 0.749. The van der Waals surface area contributed by atoms with Crippen molar-refractivity contribution in [2.24, 2.45) is 5.73 Å². The topological polar surface area (TPSA) is 64.1 Å². The molecule has 3 N–H and O–H groups in total. The Morgan fingerprint density at radius 1 is 1.57 bits per heavy atom. The zero-order valence-corrected chi connectivity index (χ0v) is 8.33. The second-order valence-electron chi connectivity index (χ2n) is 3.79. The van der Waals surface area contributed by atoms with Crippen LogP contribution in [0.5, 0.6) is 0 Å². The van der Waals surface area contributed by atoms with Crippen molar-refractivity contribution in [1.29, 1.82) is 0 Å². The number of oxazole rings is 1. The van der Waals surface area contributed by atoms with Gasteiger partial charge in [0.2, 0.25) is 0 Å². The van der Waals surface area contributed by atoms with E-state index in [1.165, 1.54) is 19.3 Å². The maximum absolute atomic E-state index is 5.46. The average molecular weight is 195 g/mol. The Kier molecular flexibility index (Phi) is 3.16. The maximum atomic E-state index is 5.46. The van der Waals surface area contributed by atoms with E-state index in [1.54, 1.807) is 6.26 Å². The van der Waals surface area contributed by atoms with E-state index in [0.717, 1.165) is 24.6 Å². The minimum atomic E-state index is 0.460. The number of nitrogens with one attached hydrogen (secondary N) is 1. The first-order valence-corrected chi connectivity index (χ1v) is 5.25. The lowest BCUT2D eigenvalue weighted by atomic mass is 10.0. The Hall–Kier alpha value is -0.870. The van der Waals surface area contributed by atoms with Crippen LogP contribution in [0.4, 0.5) is 0 Å². The van der Waals surface area contributed by atoms with Crippen LogP contribution < -0.4 is 11.1 Å². The predicted octanol–water partition coefficient (Wildman–Crippen LogP) is 0.818. The second-order valence-corrected chi connectivity index (χ2v) is 3.79. The van der Waals surface area contributed by atoms with Crippen LogP contribution in [0.2, 0.25) is 0 Å². The molecule has 2 heterocycles. The van der Waals surface area contributed by atoms with E-state index in [9.17, 15) is 0 Å². The minimum Gasteiger partial charge on any atom is -0.449 e. The fourth-order valence-corrected chi connectivity index (χ4v) is 1.85. The lowest BCUT2D eigenvalue weighted by molar-refractivity contribution is 0.367. The van der Waals surface area contributed by atoms with Crippen molar-refractivity contribution in [3.05, 3.63) is 17.8 Å². The molecule has 2 rings (SSSR count). The SMILES string of the molecule is NCc1coc(CC2CCCCN2)n1. The molecule has 1 unspecified atom stereocenters. The van der Waals surface area contributed by atoms with E-state index >= 15 is 0 Å². The Morgan fingerprint density at radius 2 is 2.50 bits per heavy atom. The van der Waals surface area contributed by atoms with Crippen molar-refractivity contribution >= 4 is 0 Å². The molecule has 0 bridgehead atoms. The zero-order valence-electron chi connectivity index (χ0n) is 8.33. The van der Waals surface area contributed by atoms with Crippen LogP contribution in [-0.2, 0) is 13.0 Å². The van der Waals surface area contributed by atoms with E-state index in [0.29, 0.717) is 12.6 Å².